The van der Waals surface area contributed by atoms with Crippen molar-refractivity contribution in [2.24, 2.45) is 5.10 Å². The van der Waals surface area contributed by atoms with Gasteiger partial charge in [-0.2, -0.15) is 5.10 Å². The molecule has 0 bridgehead atoms. The zero-order valence-electron chi connectivity index (χ0n) is 18.4. The maximum atomic E-state index is 12.6. The second kappa shape index (κ2) is 11.4. The Balaban J connectivity index is 1.67. The number of anilines is 1. The molecule has 0 radical (unpaired) electrons. The van der Waals surface area contributed by atoms with E-state index in [4.69, 9.17) is 4.74 Å². The van der Waals surface area contributed by atoms with Crippen molar-refractivity contribution in [2.45, 2.75) is 39.0 Å². The zero-order chi connectivity index (χ0) is 23.8. The van der Waals surface area contributed by atoms with Crippen LogP contribution in [0, 0.1) is 0 Å². The molecule has 2 aromatic rings. The molecule has 0 atom stereocenters. The number of fused-ring (bicyclic) bond motifs is 1. The number of methoxy groups -OCH3 is 1. The molecule has 0 saturated carbocycles. The Hall–Kier alpha value is -3.53. The van der Waals surface area contributed by atoms with Crippen LogP contribution in [0.15, 0.2) is 29.4 Å². The van der Waals surface area contributed by atoms with Gasteiger partial charge in [0.05, 0.1) is 31.1 Å². The number of thiophene rings is 1. The van der Waals surface area contributed by atoms with Crippen molar-refractivity contribution in [3.63, 3.8) is 0 Å². The molecular formula is C23H25N3O6S. The number of aryl methyl sites for hydroxylation is 1. The van der Waals surface area contributed by atoms with Gasteiger partial charge in [0.1, 0.15) is 5.00 Å². The first-order chi connectivity index (χ1) is 15.9. The largest absolute Gasteiger partial charge is 0.465 e. The fraction of sp³-hybridized carbons (Fsp3) is 0.348. The molecule has 0 fully saturated rings. The highest BCUT2D eigenvalue weighted by Crippen LogP contribution is 2.38. The van der Waals surface area contributed by atoms with Crippen LogP contribution in [0.25, 0.3) is 0 Å². The van der Waals surface area contributed by atoms with Gasteiger partial charge in [0, 0.05) is 4.88 Å². The molecule has 174 valence electrons. The smallest absolute Gasteiger partial charge is 0.341 e. The first-order valence-corrected chi connectivity index (χ1v) is 11.4. The van der Waals surface area contributed by atoms with Crippen molar-refractivity contribution < 1.29 is 28.7 Å². The summed E-state index contributed by atoms with van der Waals surface area (Å²) in [6.07, 6.45) is 5.95. The van der Waals surface area contributed by atoms with Crippen LogP contribution in [0.5, 0.6) is 0 Å². The lowest BCUT2D eigenvalue weighted by atomic mass is 10.1. The number of nitrogens with one attached hydrogen (secondary N) is 2. The molecule has 1 heterocycles. The highest BCUT2D eigenvalue weighted by atomic mass is 32.1. The van der Waals surface area contributed by atoms with Crippen molar-refractivity contribution in [2.75, 3.05) is 19.0 Å². The number of rotatable bonds is 6. The van der Waals surface area contributed by atoms with Crippen LogP contribution in [0.4, 0.5) is 5.00 Å². The molecule has 0 saturated heterocycles. The van der Waals surface area contributed by atoms with Gasteiger partial charge in [0.15, 0.2) is 0 Å². The Kier molecular flexibility index (Phi) is 8.31. The third-order valence-electron chi connectivity index (χ3n) is 5.05. The van der Waals surface area contributed by atoms with Gasteiger partial charge >= 0.3 is 23.8 Å². The zero-order valence-corrected chi connectivity index (χ0v) is 19.3. The Morgan fingerprint density at radius 3 is 2.45 bits per heavy atom. The van der Waals surface area contributed by atoms with E-state index in [1.807, 2.05) is 0 Å². The molecule has 3 rings (SSSR count). The average Bonchev–Trinajstić information content (AvgIpc) is 2.99. The lowest BCUT2D eigenvalue weighted by Gasteiger charge is -2.08. The minimum Gasteiger partial charge on any atom is -0.465 e. The van der Waals surface area contributed by atoms with E-state index >= 15 is 0 Å². The summed E-state index contributed by atoms with van der Waals surface area (Å²) in [6.45, 7) is 1.93. The van der Waals surface area contributed by atoms with Gasteiger partial charge < -0.3 is 14.8 Å². The highest BCUT2D eigenvalue weighted by molar-refractivity contribution is 7.17. The van der Waals surface area contributed by atoms with Crippen molar-refractivity contribution in [3.05, 3.63) is 51.4 Å². The highest BCUT2D eigenvalue weighted by Gasteiger charge is 2.27. The lowest BCUT2D eigenvalue weighted by Crippen LogP contribution is -2.32. The van der Waals surface area contributed by atoms with Gasteiger partial charge in [-0.25, -0.2) is 15.0 Å². The lowest BCUT2D eigenvalue weighted by molar-refractivity contribution is -0.136. The Labute approximate surface area is 195 Å². The number of carbonyl (C=O) groups excluding carboxylic acids is 4. The molecule has 10 heteroatoms. The summed E-state index contributed by atoms with van der Waals surface area (Å²) in [5, 5.41) is 6.64. The predicted octanol–water partition coefficient (Wildman–Crippen LogP) is 3.07. The average molecular weight is 472 g/mol. The monoisotopic (exact) mass is 471 g/mol. The van der Waals surface area contributed by atoms with E-state index < -0.39 is 23.8 Å². The fourth-order valence-corrected chi connectivity index (χ4v) is 4.72. The van der Waals surface area contributed by atoms with Crippen molar-refractivity contribution >= 4 is 46.3 Å². The third-order valence-corrected chi connectivity index (χ3v) is 6.25. The van der Waals surface area contributed by atoms with Crippen molar-refractivity contribution in [3.8, 4) is 0 Å². The third kappa shape index (κ3) is 6.04. The number of benzene rings is 1. The SMILES string of the molecule is CCOC(=O)c1c(NC(=O)C(=O)N/N=C/c2ccc(C(=O)OC)cc2)sc2c1CCCCC2. The Morgan fingerprint density at radius 2 is 1.76 bits per heavy atom. The normalized spacial score (nSPS) is 13.0. The van der Waals surface area contributed by atoms with E-state index in [1.165, 1.54) is 24.7 Å². The summed E-state index contributed by atoms with van der Waals surface area (Å²) in [5.74, 6) is -2.87. The van der Waals surface area contributed by atoms with Gasteiger partial charge in [-0.3, -0.25) is 9.59 Å². The maximum Gasteiger partial charge on any atom is 0.341 e. The summed E-state index contributed by atoms with van der Waals surface area (Å²) >= 11 is 1.31. The molecule has 2 amide bonds. The molecule has 1 aliphatic rings. The van der Waals surface area contributed by atoms with E-state index in [-0.39, 0.29) is 6.61 Å². The van der Waals surface area contributed by atoms with Gasteiger partial charge in [0.2, 0.25) is 0 Å². The Bertz CT molecular complexity index is 1070. The number of hydrazone groups is 1. The van der Waals surface area contributed by atoms with Crippen LogP contribution in [0.1, 0.15) is 62.9 Å². The molecular weight excluding hydrogens is 446 g/mol. The molecule has 9 nitrogen and oxygen atoms in total. The molecule has 1 aromatic carbocycles. The minimum absolute atomic E-state index is 0.215. The number of ether oxygens (including phenoxy) is 2. The Morgan fingerprint density at radius 1 is 1.03 bits per heavy atom. The summed E-state index contributed by atoms with van der Waals surface area (Å²) in [7, 11) is 1.29. The second-order valence-electron chi connectivity index (χ2n) is 7.26. The molecule has 1 aromatic heterocycles. The number of carbonyl (C=O) groups is 4. The van der Waals surface area contributed by atoms with Crippen molar-refractivity contribution in [1.29, 1.82) is 0 Å². The summed E-state index contributed by atoms with van der Waals surface area (Å²) < 4.78 is 9.81. The van der Waals surface area contributed by atoms with E-state index in [0.29, 0.717) is 21.7 Å². The van der Waals surface area contributed by atoms with Crippen LogP contribution in [-0.4, -0.2) is 43.7 Å². The summed E-state index contributed by atoms with van der Waals surface area (Å²) in [6, 6.07) is 6.34. The maximum absolute atomic E-state index is 12.6. The van der Waals surface area contributed by atoms with Crippen LogP contribution >= 0.6 is 11.3 Å². The van der Waals surface area contributed by atoms with Crippen LogP contribution < -0.4 is 10.7 Å². The minimum atomic E-state index is -0.976. The van der Waals surface area contributed by atoms with Gasteiger partial charge in [-0.1, -0.05) is 18.6 Å². The second-order valence-corrected chi connectivity index (χ2v) is 8.36. The molecule has 0 aliphatic heterocycles. The molecule has 33 heavy (non-hydrogen) atoms. The number of nitrogens with zero attached hydrogens (tertiary/aromatic N) is 1. The van der Waals surface area contributed by atoms with E-state index in [2.05, 4.69) is 20.6 Å². The number of amides is 2. The first kappa shape index (κ1) is 24.1. The quantitative estimate of drug-likeness (QED) is 0.219. The summed E-state index contributed by atoms with van der Waals surface area (Å²) in [5.41, 5.74) is 4.39. The fourth-order valence-electron chi connectivity index (χ4n) is 3.45. The summed E-state index contributed by atoms with van der Waals surface area (Å²) in [4.78, 5) is 49.7. The van der Waals surface area contributed by atoms with E-state index in [9.17, 15) is 19.2 Å². The first-order valence-electron chi connectivity index (χ1n) is 10.6. The van der Waals surface area contributed by atoms with E-state index in [1.54, 1.807) is 31.2 Å². The van der Waals surface area contributed by atoms with Crippen LogP contribution in [0.2, 0.25) is 0 Å². The van der Waals surface area contributed by atoms with Gasteiger partial charge in [-0.15, -0.1) is 11.3 Å². The van der Waals surface area contributed by atoms with Crippen LogP contribution in [-0.2, 0) is 31.9 Å². The topological polar surface area (TPSA) is 123 Å². The standard InChI is InChI=1S/C23H25N3O6S/c1-3-32-23(30)18-16-7-5-4-6-8-17(16)33-21(18)25-19(27)20(28)26-24-13-14-9-11-15(12-10-14)22(29)31-2/h9-13H,3-8H2,1-2H3,(H,25,27)(H,26,28)/b24-13+. The predicted molar refractivity (Wildman–Crippen MR) is 124 cm³/mol. The number of hydrogen-bond donors (Lipinski definition) is 2. The van der Waals surface area contributed by atoms with E-state index in [0.717, 1.165) is 42.5 Å². The molecule has 1 aliphatic carbocycles. The van der Waals surface area contributed by atoms with Crippen molar-refractivity contribution in [1.82, 2.24) is 5.43 Å². The number of hydrogen-bond acceptors (Lipinski definition) is 8. The number of esters is 2. The van der Waals surface area contributed by atoms with Gasteiger partial charge in [-0.05, 0) is 55.9 Å². The molecule has 0 unspecified atom stereocenters. The molecule has 2 N–H and O–H groups in total. The van der Waals surface area contributed by atoms with Gasteiger partial charge in [0.25, 0.3) is 0 Å². The van der Waals surface area contributed by atoms with Crippen LogP contribution in [0.3, 0.4) is 0 Å². The molecule has 0 spiro atoms.